The predicted octanol–water partition coefficient (Wildman–Crippen LogP) is 4.31. The third kappa shape index (κ3) is 3.34. The minimum Gasteiger partial charge on any atom is -0.308 e. The highest BCUT2D eigenvalue weighted by molar-refractivity contribution is 6.10. The highest BCUT2D eigenvalue weighted by Crippen LogP contribution is 2.26. The molecule has 0 saturated heterocycles. The molecule has 2 heterocycles. The fourth-order valence-electron chi connectivity index (χ4n) is 3.92. The summed E-state index contributed by atoms with van der Waals surface area (Å²) in [6, 6.07) is 13.7. The lowest BCUT2D eigenvalue weighted by atomic mass is 10.1. The lowest BCUT2D eigenvalue weighted by molar-refractivity contribution is 0.103. The summed E-state index contributed by atoms with van der Waals surface area (Å²) < 4.78 is 17.4. The number of carbonyl (C=O) groups is 1. The first-order chi connectivity index (χ1) is 14.0. The highest BCUT2D eigenvalue weighted by Gasteiger charge is 2.23. The molecule has 4 aromatic rings. The molecule has 150 valence electrons. The summed E-state index contributed by atoms with van der Waals surface area (Å²) in [4.78, 5) is 20.4. The third-order valence-electron chi connectivity index (χ3n) is 5.54. The molecule has 0 aliphatic carbocycles. The van der Waals surface area contributed by atoms with Gasteiger partial charge in [0, 0.05) is 18.7 Å². The number of para-hydroxylation sites is 2. The van der Waals surface area contributed by atoms with Gasteiger partial charge in [-0.15, -0.1) is 0 Å². The van der Waals surface area contributed by atoms with Crippen molar-refractivity contribution in [1.29, 1.82) is 0 Å². The summed E-state index contributed by atoms with van der Waals surface area (Å²) in [5.41, 5.74) is 3.67. The van der Waals surface area contributed by atoms with Crippen LogP contribution >= 0.6 is 0 Å². The summed E-state index contributed by atoms with van der Waals surface area (Å²) in [6.07, 6.45) is 0. The van der Waals surface area contributed by atoms with E-state index in [1.807, 2.05) is 29.5 Å². The van der Waals surface area contributed by atoms with Gasteiger partial charge in [0.2, 0.25) is 11.6 Å². The Bertz CT molecular complexity index is 1170. The van der Waals surface area contributed by atoms with E-state index in [0.29, 0.717) is 17.0 Å². The molecule has 29 heavy (non-hydrogen) atoms. The van der Waals surface area contributed by atoms with Crippen molar-refractivity contribution in [3.63, 3.8) is 0 Å². The SMILES string of the molecule is CCN(CC)CCn1c2ccccc2n2c(C(=O)c3ccc(F)cc3)c(C)nc12. The molecule has 0 aliphatic rings. The van der Waals surface area contributed by atoms with Gasteiger partial charge in [-0.2, -0.15) is 0 Å². The van der Waals surface area contributed by atoms with Crippen molar-refractivity contribution in [3.05, 3.63) is 71.3 Å². The number of nitrogens with zero attached hydrogens (tertiary/aromatic N) is 4. The Kier molecular flexibility index (Phi) is 5.20. The van der Waals surface area contributed by atoms with Crippen LogP contribution in [0.1, 0.15) is 35.6 Å². The number of imidazole rings is 2. The average Bonchev–Trinajstić information content (AvgIpc) is 3.22. The molecule has 0 spiro atoms. The number of aryl methyl sites for hydroxylation is 1. The van der Waals surface area contributed by atoms with Crippen molar-refractivity contribution < 1.29 is 9.18 Å². The monoisotopic (exact) mass is 392 g/mol. The second-order valence-electron chi connectivity index (χ2n) is 7.18. The number of fused-ring (bicyclic) bond motifs is 3. The van der Waals surface area contributed by atoms with E-state index in [0.717, 1.165) is 43.0 Å². The molecule has 2 aromatic carbocycles. The quantitative estimate of drug-likeness (QED) is 0.440. The summed E-state index contributed by atoms with van der Waals surface area (Å²) >= 11 is 0. The maximum Gasteiger partial charge on any atom is 0.215 e. The molecule has 0 aliphatic heterocycles. The second-order valence-corrected chi connectivity index (χ2v) is 7.18. The molecule has 0 bridgehead atoms. The Morgan fingerprint density at radius 2 is 1.69 bits per heavy atom. The smallest absolute Gasteiger partial charge is 0.215 e. The lowest BCUT2D eigenvalue weighted by Crippen LogP contribution is -2.27. The van der Waals surface area contributed by atoms with Gasteiger partial charge in [-0.3, -0.25) is 9.20 Å². The summed E-state index contributed by atoms with van der Waals surface area (Å²) in [5.74, 6) is 0.257. The van der Waals surface area contributed by atoms with Gasteiger partial charge >= 0.3 is 0 Å². The van der Waals surface area contributed by atoms with Crippen LogP contribution in [0.3, 0.4) is 0 Å². The molecule has 5 nitrogen and oxygen atoms in total. The number of halogens is 1. The van der Waals surface area contributed by atoms with Crippen LogP contribution in [0.5, 0.6) is 0 Å². The highest BCUT2D eigenvalue weighted by atomic mass is 19.1. The number of hydrogen-bond acceptors (Lipinski definition) is 3. The minimum absolute atomic E-state index is 0.151. The van der Waals surface area contributed by atoms with E-state index >= 15 is 0 Å². The fraction of sp³-hybridized carbons (Fsp3) is 0.304. The van der Waals surface area contributed by atoms with Gasteiger partial charge in [0.1, 0.15) is 11.5 Å². The Hall–Kier alpha value is -2.99. The van der Waals surface area contributed by atoms with Crippen LogP contribution in [0.15, 0.2) is 48.5 Å². The molecule has 0 N–H and O–H groups in total. The number of hydrogen-bond donors (Lipinski definition) is 0. The van der Waals surface area contributed by atoms with Crippen LogP contribution in [-0.2, 0) is 6.54 Å². The average molecular weight is 392 g/mol. The zero-order valence-corrected chi connectivity index (χ0v) is 17.0. The van der Waals surface area contributed by atoms with Gasteiger partial charge in [-0.1, -0.05) is 26.0 Å². The van der Waals surface area contributed by atoms with Crippen LogP contribution in [0.4, 0.5) is 4.39 Å². The number of carbonyl (C=O) groups excluding carboxylic acids is 1. The van der Waals surface area contributed by atoms with Gasteiger partial charge in [-0.05, 0) is 56.4 Å². The van der Waals surface area contributed by atoms with E-state index < -0.39 is 0 Å². The standard InChI is InChI=1S/C23H25FN4O/c1-4-26(5-2)14-15-27-19-8-6-7-9-20(19)28-21(16(3)25-23(27)28)22(29)17-10-12-18(24)13-11-17/h6-13H,4-5,14-15H2,1-3H3. The molecule has 0 amide bonds. The van der Waals surface area contributed by atoms with E-state index in [2.05, 4.69) is 29.4 Å². The molecule has 0 fully saturated rings. The summed E-state index contributed by atoms with van der Waals surface area (Å²) in [7, 11) is 0. The topological polar surface area (TPSA) is 42.5 Å². The maximum atomic E-state index is 13.3. The van der Waals surface area contributed by atoms with Crippen molar-refractivity contribution >= 4 is 22.6 Å². The zero-order valence-electron chi connectivity index (χ0n) is 17.0. The summed E-state index contributed by atoms with van der Waals surface area (Å²) in [5, 5.41) is 0. The molecular formula is C23H25FN4O. The normalized spacial score (nSPS) is 11.8. The van der Waals surface area contributed by atoms with Gasteiger partial charge in [-0.25, -0.2) is 9.37 Å². The molecule has 4 rings (SSSR count). The van der Waals surface area contributed by atoms with Gasteiger partial charge < -0.3 is 9.47 Å². The van der Waals surface area contributed by atoms with Crippen molar-refractivity contribution in [2.75, 3.05) is 19.6 Å². The zero-order chi connectivity index (χ0) is 20.5. The van der Waals surface area contributed by atoms with Gasteiger partial charge in [0.15, 0.2) is 0 Å². The molecule has 6 heteroatoms. The van der Waals surface area contributed by atoms with Crippen molar-refractivity contribution in [3.8, 4) is 0 Å². The molecule has 2 aromatic heterocycles. The van der Waals surface area contributed by atoms with Gasteiger partial charge in [0.25, 0.3) is 0 Å². The first-order valence-electron chi connectivity index (χ1n) is 10.0. The fourth-order valence-corrected chi connectivity index (χ4v) is 3.92. The summed E-state index contributed by atoms with van der Waals surface area (Å²) in [6.45, 7) is 9.86. The van der Waals surface area contributed by atoms with Crippen LogP contribution < -0.4 is 0 Å². The Labute approximate surface area is 169 Å². The number of benzene rings is 2. The van der Waals surface area contributed by atoms with Crippen LogP contribution in [-0.4, -0.2) is 44.3 Å². The van der Waals surface area contributed by atoms with Crippen molar-refractivity contribution in [2.24, 2.45) is 0 Å². The second kappa shape index (κ2) is 7.79. The molecule has 0 saturated carbocycles. The number of aromatic nitrogens is 3. The number of rotatable bonds is 7. The van der Waals surface area contributed by atoms with E-state index in [1.165, 1.54) is 24.3 Å². The van der Waals surface area contributed by atoms with E-state index in [9.17, 15) is 9.18 Å². The molecule has 0 radical (unpaired) electrons. The van der Waals surface area contributed by atoms with Crippen LogP contribution in [0.25, 0.3) is 16.8 Å². The van der Waals surface area contributed by atoms with E-state index in [4.69, 9.17) is 4.98 Å². The van der Waals surface area contributed by atoms with Crippen LogP contribution in [0, 0.1) is 12.7 Å². The first kappa shape index (κ1) is 19.3. The maximum absolute atomic E-state index is 13.3. The third-order valence-corrected chi connectivity index (χ3v) is 5.54. The van der Waals surface area contributed by atoms with Crippen molar-refractivity contribution in [1.82, 2.24) is 18.9 Å². The largest absolute Gasteiger partial charge is 0.308 e. The molecule has 0 atom stereocenters. The van der Waals surface area contributed by atoms with Crippen LogP contribution in [0.2, 0.25) is 0 Å². The van der Waals surface area contributed by atoms with E-state index in [-0.39, 0.29) is 11.6 Å². The Morgan fingerprint density at radius 1 is 1.03 bits per heavy atom. The Balaban J connectivity index is 1.87. The lowest BCUT2D eigenvalue weighted by Gasteiger charge is -2.18. The Morgan fingerprint density at radius 3 is 2.34 bits per heavy atom. The number of ketones is 1. The van der Waals surface area contributed by atoms with E-state index in [1.54, 1.807) is 0 Å². The predicted molar refractivity (Wildman–Crippen MR) is 113 cm³/mol. The molecule has 0 unspecified atom stereocenters. The molecular weight excluding hydrogens is 367 g/mol. The minimum atomic E-state index is -0.357. The first-order valence-corrected chi connectivity index (χ1v) is 10.0. The van der Waals surface area contributed by atoms with Crippen molar-refractivity contribution in [2.45, 2.75) is 27.3 Å². The number of likely N-dealkylation sites (N-methyl/N-ethyl adjacent to an activating group) is 1. The van der Waals surface area contributed by atoms with Gasteiger partial charge in [0.05, 0.1) is 16.7 Å².